The summed E-state index contributed by atoms with van der Waals surface area (Å²) >= 11 is 0. The first-order valence-electron chi connectivity index (χ1n) is 8.38. The minimum atomic E-state index is -1.10. The number of hydrogen-bond acceptors (Lipinski definition) is 9. The van der Waals surface area contributed by atoms with Gasteiger partial charge < -0.3 is 41.7 Å². The van der Waals surface area contributed by atoms with Crippen molar-refractivity contribution in [2.24, 2.45) is 11.5 Å². The quantitative estimate of drug-likeness (QED) is 0.256. The number of carbonyl (C=O) groups is 2. The Hall–Kier alpha value is -3.50. The number of carbonyl (C=O) groups excluding carboxylic acids is 1. The van der Waals surface area contributed by atoms with Gasteiger partial charge in [-0.3, -0.25) is 9.59 Å². The van der Waals surface area contributed by atoms with Crippen molar-refractivity contribution in [3.63, 3.8) is 0 Å². The Balaban J connectivity index is 0.000000291. The number of carboxylic acid groups (broad SMARTS) is 1. The van der Waals surface area contributed by atoms with E-state index in [4.69, 9.17) is 31.9 Å². The second kappa shape index (κ2) is 10.7. The number of esters is 1. The average Bonchev–Trinajstić information content (AvgIpc) is 2.67. The van der Waals surface area contributed by atoms with Crippen molar-refractivity contribution in [2.45, 2.75) is 24.9 Å². The third kappa shape index (κ3) is 7.56. The highest BCUT2D eigenvalue weighted by Gasteiger charge is 2.15. The van der Waals surface area contributed by atoms with Crippen molar-refractivity contribution < 1.29 is 39.9 Å². The Kier molecular flexibility index (Phi) is 8.71. The van der Waals surface area contributed by atoms with Crippen LogP contribution < -0.4 is 11.5 Å². The summed E-state index contributed by atoms with van der Waals surface area (Å²) in [7, 11) is 1.26. The van der Waals surface area contributed by atoms with Crippen LogP contribution in [-0.2, 0) is 27.2 Å². The van der Waals surface area contributed by atoms with Gasteiger partial charge in [-0.1, -0.05) is 12.1 Å². The van der Waals surface area contributed by atoms with Crippen molar-refractivity contribution in [1.29, 1.82) is 0 Å². The molecule has 0 heterocycles. The topological polar surface area (TPSA) is 197 Å². The molecular formula is C19H24N2O8. The van der Waals surface area contributed by atoms with Crippen LogP contribution in [0.5, 0.6) is 23.0 Å². The number of aliphatic carboxylic acids is 1. The van der Waals surface area contributed by atoms with Gasteiger partial charge >= 0.3 is 11.9 Å². The Morgan fingerprint density at radius 2 is 1.24 bits per heavy atom. The summed E-state index contributed by atoms with van der Waals surface area (Å²) in [6.45, 7) is 0. The third-order valence-electron chi connectivity index (χ3n) is 3.81. The van der Waals surface area contributed by atoms with Crippen molar-refractivity contribution in [3.05, 3.63) is 47.5 Å². The third-order valence-corrected chi connectivity index (χ3v) is 3.81. The lowest BCUT2D eigenvalue weighted by Crippen LogP contribution is -2.33. The van der Waals surface area contributed by atoms with Gasteiger partial charge in [-0.2, -0.15) is 0 Å². The monoisotopic (exact) mass is 408 g/mol. The van der Waals surface area contributed by atoms with E-state index >= 15 is 0 Å². The molecule has 2 unspecified atom stereocenters. The van der Waals surface area contributed by atoms with Crippen LogP contribution in [0, 0.1) is 0 Å². The van der Waals surface area contributed by atoms with E-state index in [0.717, 1.165) is 0 Å². The summed E-state index contributed by atoms with van der Waals surface area (Å²) in [6, 6.07) is 6.61. The first kappa shape index (κ1) is 23.5. The number of phenols is 4. The number of aromatic hydroxyl groups is 4. The number of methoxy groups -OCH3 is 1. The second-order valence-corrected chi connectivity index (χ2v) is 6.13. The highest BCUT2D eigenvalue weighted by molar-refractivity contribution is 5.75. The second-order valence-electron chi connectivity index (χ2n) is 6.13. The minimum absolute atomic E-state index is 0.114. The molecule has 0 aliphatic rings. The molecule has 2 atom stereocenters. The predicted molar refractivity (Wildman–Crippen MR) is 103 cm³/mol. The van der Waals surface area contributed by atoms with E-state index in [1.54, 1.807) is 6.07 Å². The van der Waals surface area contributed by atoms with Crippen LogP contribution in [0.3, 0.4) is 0 Å². The van der Waals surface area contributed by atoms with Gasteiger partial charge in [0.2, 0.25) is 0 Å². The normalized spacial score (nSPS) is 12.2. The molecule has 10 nitrogen and oxygen atoms in total. The molecule has 2 rings (SSSR count). The van der Waals surface area contributed by atoms with Crippen molar-refractivity contribution in [2.75, 3.05) is 7.11 Å². The van der Waals surface area contributed by atoms with E-state index in [2.05, 4.69) is 4.74 Å². The number of nitrogens with two attached hydrogens (primary N) is 2. The summed E-state index contributed by atoms with van der Waals surface area (Å²) < 4.78 is 4.46. The lowest BCUT2D eigenvalue weighted by molar-refractivity contribution is -0.142. The smallest absolute Gasteiger partial charge is 0.322 e. The molecule has 10 heteroatoms. The molecule has 0 aliphatic heterocycles. The molecule has 0 saturated heterocycles. The Morgan fingerprint density at radius 1 is 0.828 bits per heavy atom. The summed E-state index contributed by atoms with van der Waals surface area (Å²) in [4.78, 5) is 21.4. The Bertz CT molecular complexity index is 856. The molecule has 0 amide bonds. The first-order chi connectivity index (χ1) is 13.5. The zero-order valence-electron chi connectivity index (χ0n) is 15.6. The standard InChI is InChI=1S/C10H13NO4.C9H11NO4/c1-15-10(14)7(11)4-6-2-3-8(12)9(13)5-6;10-6(9(13)14)3-5-1-2-7(11)8(12)4-5/h2-3,5,7,12-13H,4,11H2,1H3;1-2,4,6,11-12H,3,10H2,(H,13,14). The predicted octanol–water partition coefficient (Wildman–Crippen LogP) is 0.193. The number of rotatable bonds is 6. The van der Waals surface area contributed by atoms with Crippen LogP contribution in [0.15, 0.2) is 36.4 Å². The van der Waals surface area contributed by atoms with Gasteiger partial charge in [0, 0.05) is 0 Å². The van der Waals surface area contributed by atoms with Crippen molar-refractivity contribution in [1.82, 2.24) is 0 Å². The fourth-order valence-electron chi connectivity index (χ4n) is 2.22. The molecule has 0 saturated carbocycles. The lowest BCUT2D eigenvalue weighted by atomic mass is 10.1. The molecule has 158 valence electrons. The van der Waals surface area contributed by atoms with Gasteiger partial charge in [-0.25, -0.2) is 0 Å². The van der Waals surface area contributed by atoms with E-state index in [-0.39, 0.29) is 35.8 Å². The van der Waals surface area contributed by atoms with Crippen molar-refractivity contribution in [3.8, 4) is 23.0 Å². The molecule has 29 heavy (non-hydrogen) atoms. The number of carboxylic acids is 1. The lowest BCUT2D eigenvalue weighted by Gasteiger charge is -2.09. The highest BCUT2D eigenvalue weighted by Crippen LogP contribution is 2.26. The van der Waals surface area contributed by atoms with Gasteiger partial charge in [-0.05, 0) is 48.2 Å². The van der Waals surface area contributed by atoms with Crippen LogP contribution in [0.2, 0.25) is 0 Å². The molecule has 0 spiro atoms. The van der Waals surface area contributed by atoms with E-state index in [1.807, 2.05) is 0 Å². The maximum atomic E-state index is 11.0. The van der Waals surface area contributed by atoms with Gasteiger partial charge in [-0.15, -0.1) is 0 Å². The zero-order chi connectivity index (χ0) is 22.1. The first-order valence-corrected chi connectivity index (χ1v) is 8.38. The van der Waals surface area contributed by atoms with E-state index in [0.29, 0.717) is 11.1 Å². The largest absolute Gasteiger partial charge is 0.504 e. The Morgan fingerprint density at radius 3 is 1.59 bits per heavy atom. The molecule has 2 aromatic rings. The van der Waals surface area contributed by atoms with E-state index in [1.165, 1.54) is 37.4 Å². The van der Waals surface area contributed by atoms with Crippen LogP contribution in [0.25, 0.3) is 0 Å². The maximum absolute atomic E-state index is 11.0. The fraction of sp³-hybridized carbons (Fsp3) is 0.263. The summed E-state index contributed by atoms with van der Waals surface area (Å²) in [6.07, 6.45) is 0.365. The summed E-state index contributed by atoms with van der Waals surface area (Å²) in [5.41, 5.74) is 12.0. The molecular weight excluding hydrogens is 384 g/mol. The summed E-state index contributed by atoms with van der Waals surface area (Å²) in [5.74, 6) is -2.56. The molecule has 0 bridgehead atoms. The van der Waals surface area contributed by atoms with Gasteiger partial charge in [0.05, 0.1) is 7.11 Å². The maximum Gasteiger partial charge on any atom is 0.322 e. The molecule has 0 radical (unpaired) electrons. The number of phenolic OH excluding ortho intramolecular Hbond substituents is 4. The van der Waals surface area contributed by atoms with Crippen LogP contribution in [0.1, 0.15) is 11.1 Å². The van der Waals surface area contributed by atoms with Crippen molar-refractivity contribution >= 4 is 11.9 Å². The number of ether oxygens (including phenoxy) is 1. The van der Waals surface area contributed by atoms with Crippen LogP contribution >= 0.6 is 0 Å². The van der Waals surface area contributed by atoms with Crippen LogP contribution in [-0.4, -0.2) is 56.7 Å². The van der Waals surface area contributed by atoms with Gasteiger partial charge in [0.1, 0.15) is 12.1 Å². The molecule has 9 N–H and O–H groups in total. The SMILES string of the molecule is COC(=O)C(N)Cc1ccc(O)c(O)c1.NC(Cc1ccc(O)c(O)c1)C(=O)O. The Labute approximate surface area is 166 Å². The highest BCUT2D eigenvalue weighted by atomic mass is 16.5. The van der Waals surface area contributed by atoms with E-state index in [9.17, 15) is 14.7 Å². The number of benzene rings is 2. The molecule has 0 aliphatic carbocycles. The number of hydrogen-bond donors (Lipinski definition) is 7. The average molecular weight is 408 g/mol. The fourth-order valence-corrected chi connectivity index (χ4v) is 2.22. The zero-order valence-corrected chi connectivity index (χ0v) is 15.6. The van der Waals surface area contributed by atoms with Crippen LogP contribution in [0.4, 0.5) is 0 Å². The molecule has 2 aromatic carbocycles. The van der Waals surface area contributed by atoms with Gasteiger partial charge in [0.15, 0.2) is 23.0 Å². The summed E-state index contributed by atoms with van der Waals surface area (Å²) in [5, 5.41) is 44.9. The molecule has 0 aromatic heterocycles. The molecule has 0 fully saturated rings. The van der Waals surface area contributed by atoms with E-state index < -0.39 is 24.0 Å². The van der Waals surface area contributed by atoms with Gasteiger partial charge in [0.25, 0.3) is 0 Å². The minimum Gasteiger partial charge on any atom is -0.504 e.